The van der Waals surface area contributed by atoms with Crippen molar-refractivity contribution in [3.05, 3.63) is 40.3 Å². The molecule has 33 heavy (non-hydrogen) atoms. The quantitative estimate of drug-likeness (QED) is 0.642. The number of hydrogen-bond donors (Lipinski definition) is 1. The first-order valence-corrected chi connectivity index (χ1v) is 13.5. The zero-order valence-corrected chi connectivity index (χ0v) is 19.6. The van der Waals surface area contributed by atoms with Crippen molar-refractivity contribution < 1.29 is 13.2 Å². The minimum Gasteiger partial charge on any atom is -0.377 e. The summed E-state index contributed by atoms with van der Waals surface area (Å²) in [4.78, 5) is 21.8. The Morgan fingerprint density at radius 3 is 2.67 bits per heavy atom. The number of nitrogens with one attached hydrogen (secondary N) is 1. The van der Waals surface area contributed by atoms with Crippen molar-refractivity contribution in [2.24, 2.45) is 0 Å². The first-order valence-electron chi connectivity index (χ1n) is 11.9. The minimum atomic E-state index is -3.31. The lowest BCUT2D eigenvalue weighted by Gasteiger charge is -2.31. The summed E-state index contributed by atoms with van der Waals surface area (Å²) < 4.78 is 34.1. The van der Waals surface area contributed by atoms with E-state index in [2.05, 4.69) is 10.3 Å². The molecule has 0 amide bonds. The summed E-state index contributed by atoms with van der Waals surface area (Å²) in [6.45, 7) is 2.17. The topological polar surface area (TPSA) is 106 Å². The highest BCUT2D eigenvalue weighted by atomic mass is 32.2. The van der Waals surface area contributed by atoms with Crippen LogP contribution in [0.2, 0.25) is 0 Å². The van der Waals surface area contributed by atoms with Crippen molar-refractivity contribution in [1.29, 1.82) is 0 Å². The van der Waals surface area contributed by atoms with Crippen LogP contribution in [0.15, 0.2) is 34.8 Å². The van der Waals surface area contributed by atoms with Gasteiger partial charge in [0.15, 0.2) is 0 Å². The highest BCUT2D eigenvalue weighted by molar-refractivity contribution is 7.89. The molecule has 5 rings (SSSR count). The number of piperidine rings is 1. The van der Waals surface area contributed by atoms with Crippen molar-refractivity contribution in [2.45, 2.75) is 57.0 Å². The van der Waals surface area contributed by atoms with E-state index in [0.29, 0.717) is 50.7 Å². The molecule has 2 aromatic rings. The van der Waals surface area contributed by atoms with Crippen LogP contribution < -0.4 is 10.9 Å². The fraction of sp³-hybridized carbons (Fsp3) is 0.609. The van der Waals surface area contributed by atoms with Gasteiger partial charge in [-0.1, -0.05) is 18.9 Å². The standard InChI is InChI=1S/C23H31N5O4S/c29-21-6-5-18-15-24-23(26-22(18)28(21)20-3-1-2-4-20)25-19-7-11-27(12-8-19)33(30,31)14-10-17-9-13-32-16-17/h5-6,10,15,19-20H,1-4,7-9,11-14,16H2,(H,24,25,26)/b17-10-. The van der Waals surface area contributed by atoms with Gasteiger partial charge in [0, 0.05) is 42.8 Å². The predicted octanol–water partition coefficient (Wildman–Crippen LogP) is 2.46. The smallest absolute Gasteiger partial charge is 0.252 e. The molecule has 0 radical (unpaired) electrons. The first kappa shape index (κ1) is 22.5. The van der Waals surface area contributed by atoms with E-state index in [4.69, 9.17) is 9.72 Å². The molecule has 10 heteroatoms. The van der Waals surface area contributed by atoms with Crippen LogP contribution in [0.5, 0.6) is 0 Å². The zero-order valence-electron chi connectivity index (χ0n) is 18.8. The maximum Gasteiger partial charge on any atom is 0.252 e. The van der Waals surface area contributed by atoms with Crippen molar-refractivity contribution >= 4 is 27.0 Å². The maximum absolute atomic E-state index is 12.7. The summed E-state index contributed by atoms with van der Waals surface area (Å²) in [6.07, 6.45) is 10.0. The molecule has 4 heterocycles. The van der Waals surface area contributed by atoms with Gasteiger partial charge in [0.1, 0.15) is 5.65 Å². The summed E-state index contributed by atoms with van der Waals surface area (Å²) in [7, 11) is -3.31. The number of ether oxygens (including phenoxy) is 1. The second-order valence-corrected chi connectivity index (χ2v) is 11.2. The zero-order chi connectivity index (χ0) is 22.8. The molecule has 9 nitrogen and oxygen atoms in total. The van der Waals surface area contributed by atoms with Crippen LogP contribution >= 0.6 is 0 Å². The SMILES string of the molecule is O=c1ccc2cnc(NC3CCN(S(=O)(=O)C/C=C4/CCOC4)CC3)nc2n1C1CCCC1. The van der Waals surface area contributed by atoms with Gasteiger partial charge in [0.05, 0.1) is 19.0 Å². The van der Waals surface area contributed by atoms with Crippen molar-refractivity contribution in [3.63, 3.8) is 0 Å². The average molecular weight is 474 g/mol. The van der Waals surface area contributed by atoms with E-state index in [1.807, 2.05) is 4.57 Å². The molecule has 2 aromatic heterocycles. The Morgan fingerprint density at radius 2 is 1.94 bits per heavy atom. The van der Waals surface area contributed by atoms with Gasteiger partial charge in [-0.3, -0.25) is 9.36 Å². The van der Waals surface area contributed by atoms with Crippen LogP contribution in [0, 0.1) is 0 Å². The molecular formula is C23H31N5O4S. The molecule has 0 spiro atoms. The molecule has 3 aliphatic rings. The number of hydrogen-bond acceptors (Lipinski definition) is 7. The highest BCUT2D eigenvalue weighted by Gasteiger charge is 2.28. The highest BCUT2D eigenvalue weighted by Crippen LogP contribution is 2.30. The molecule has 1 aliphatic carbocycles. The van der Waals surface area contributed by atoms with Gasteiger partial charge in [0.25, 0.3) is 5.56 Å². The number of fused-ring (bicyclic) bond motifs is 1. The molecule has 0 atom stereocenters. The van der Waals surface area contributed by atoms with E-state index < -0.39 is 10.0 Å². The first-order chi connectivity index (χ1) is 16.0. The summed E-state index contributed by atoms with van der Waals surface area (Å²) in [6, 6.07) is 3.67. The Labute approximate surface area is 193 Å². The van der Waals surface area contributed by atoms with Crippen LogP contribution in [0.3, 0.4) is 0 Å². The lowest BCUT2D eigenvalue weighted by Crippen LogP contribution is -2.43. The number of pyridine rings is 1. The monoisotopic (exact) mass is 473 g/mol. The Kier molecular flexibility index (Phi) is 6.49. The summed E-state index contributed by atoms with van der Waals surface area (Å²) >= 11 is 0. The van der Waals surface area contributed by atoms with E-state index in [-0.39, 0.29) is 23.4 Å². The third kappa shape index (κ3) is 4.97. The van der Waals surface area contributed by atoms with Crippen LogP contribution in [-0.2, 0) is 14.8 Å². The molecule has 1 saturated carbocycles. The number of anilines is 1. The van der Waals surface area contributed by atoms with Crippen LogP contribution in [-0.4, -0.2) is 65.4 Å². The number of aromatic nitrogens is 3. The predicted molar refractivity (Wildman–Crippen MR) is 127 cm³/mol. The number of sulfonamides is 1. The Morgan fingerprint density at radius 1 is 1.15 bits per heavy atom. The second-order valence-electron chi connectivity index (χ2n) is 9.21. The largest absolute Gasteiger partial charge is 0.377 e. The fourth-order valence-corrected chi connectivity index (χ4v) is 6.48. The average Bonchev–Trinajstić information content (AvgIpc) is 3.53. The maximum atomic E-state index is 12.7. The Balaban J connectivity index is 1.25. The van der Waals surface area contributed by atoms with E-state index >= 15 is 0 Å². The van der Waals surface area contributed by atoms with Gasteiger partial charge in [0.2, 0.25) is 16.0 Å². The van der Waals surface area contributed by atoms with E-state index in [1.165, 1.54) is 0 Å². The van der Waals surface area contributed by atoms with Gasteiger partial charge in [-0.15, -0.1) is 0 Å². The second kappa shape index (κ2) is 9.52. The molecule has 178 valence electrons. The van der Waals surface area contributed by atoms with Crippen molar-refractivity contribution in [2.75, 3.05) is 37.4 Å². The summed E-state index contributed by atoms with van der Waals surface area (Å²) in [5.74, 6) is 0.531. The molecule has 2 aliphatic heterocycles. The van der Waals surface area contributed by atoms with Crippen LogP contribution in [0.4, 0.5) is 5.95 Å². The lowest BCUT2D eigenvalue weighted by atomic mass is 10.1. The van der Waals surface area contributed by atoms with Crippen molar-refractivity contribution in [1.82, 2.24) is 18.8 Å². The molecule has 0 aromatic carbocycles. The lowest BCUT2D eigenvalue weighted by molar-refractivity contribution is 0.204. The van der Waals surface area contributed by atoms with E-state index in [1.54, 1.807) is 28.7 Å². The molecule has 1 N–H and O–H groups in total. The number of rotatable bonds is 6. The van der Waals surface area contributed by atoms with Gasteiger partial charge >= 0.3 is 0 Å². The molecular weight excluding hydrogens is 442 g/mol. The van der Waals surface area contributed by atoms with Gasteiger partial charge in [-0.25, -0.2) is 17.7 Å². The van der Waals surface area contributed by atoms with E-state index in [0.717, 1.165) is 43.1 Å². The van der Waals surface area contributed by atoms with Crippen LogP contribution in [0.1, 0.15) is 51.0 Å². The normalized spacial score (nSPS) is 22.5. The van der Waals surface area contributed by atoms with Crippen LogP contribution in [0.25, 0.3) is 11.0 Å². The van der Waals surface area contributed by atoms with Gasteiger partial charge in [-0.2, -0.15) is 4.98 Å². The summed E-state index contributed by atoms with van der Waals surface area (Å²) in [5, 5.41) is 4.23. The molecule has 0 bridgehead atoms. The minimum absolute atomic E-state index is 0.0169. The van der Waals surface area contributed by atoms with Gasteiger partial charge < -0.3 is 10.1 Å². The van der Waals surface area contributed by atoms with Crippen molar-refractivity contribution in [3.8, 4) is 0 Å². The Bertz CT molecular complexity index is 1190. The van der Waals surface area contributed by atoms with Gasteiger partial charge in [-0.05, 0) is 43.7 Å². The molecule has 3 fully saturated rings. The third-order valence-electron chi connectivity index (χ3n) is 6.97. The molecule has 0 unspecified atom stereocenters. The fourth-order valence-electron chi connectivity index (χ4n) is 5.05. The number of nitrogens with zero attached hydrogens (tertiary/aromatic N) is 4. The van der Waals surface area contributed by atoms with E-state index in [9.17, 15) is 13.2 Å². The Hall–Kier alpha value is -2.30. The summed E-state index contributed by atoms with van der Waals surface area (Å²) in [5.41, 5.74) is 1.73. The third-order valence-corrected chi connectivity index (χ3v) is 8.71. The molecule has 2 saturated heterocycles.